The number of nitrogens with zero attached hydrogens (tertiary/aromatic N) is 2. The first-order valence-electron chi connectivity index (χ1n) is 7.77. The molecular weight excluding hydrogens is 258 g/mol. The molecule has 0 aliphatic carbocycles. The van der Waals surface area contributed by atoms with Gasteiger partial charge in [0.25, 0.3) is 0 Å². The molecule has 4 rings (SSSR count). The van der Waals surface area contributed by atoms with Crippen LogP contribution >= 0.6 is 0 Å². The molecule has 2 aromatic carbocycles. The van der Waals surface area contributed by atoms with E-state index in [9.17, 15) is 0 Å². The van der Waals surface area contributed by atoms with Gasteiger partial charge in [-0.15, -0.1) is 0 Å². The molecule has 3 heteroatoms. The fourth-order valence-electron chi connectivity index (χ4n) is 3.40. The molecule has 0 saturated heterocycles. The van der Waals surface area contributed by atoms with E-state index in [-0.39, 0.29) is 0 Å². The summed E-state index contributed by atoms with van der Waals surface area (Å²) in [5.74, 6) is 0. The van der Waals surface area contributed by atoms with Crippen molar-refractivity contribution in [1.82, 2.24) is 0 Å². The van der Waals surface area contributed by atoms with Crippen LogP contribution in [0.2, 0.25) is 0 Å². The van der Waals surface area contributed by atoms with Crippen LogP contribution in [-0.4, -0.2) is 26.7 Å². The van der Waals surface area contributed by atoms with Crippen LogP contribution in [0.1, 0.15) is 12.0 Å². The van der Waals surface area contributed by atoms with Crippen molar-refractivity contribution in [2.75, 3.05) is 41.8 Å². The topological polar surface area (TPSA) is 18.5 Å². The number of hydrogen-bond acceptors (Lipinski definition) is 3. The molecule has 0 fully saturated rings. The third kappa shape index (κ3) is 2.13. The first-order chi connectivity index (χ1) is 10.3. The van der Waals surface area contributed by atoms with Gasteiger partial charge in [0.2, 0.25) is 0 Å². The molecule has 0 bridgehead atoms. The van der Waals surface area contributed by atoms with E-state index < -0.39 is 0 Å². The van der Waals surface area contributed by atoms with E-state index in [1.165, 1.54) is 41.2 Å². The van der Waals surface area contributed by atoms with E-state index in [4.69, 9.17) is 0 Å². The second-order valence-electron chi connectivity index (χ2n) is 5.93. The number of aryl methyl sites for hydroxylation is 1. The summed E-state index contributed by atoms with van der Waals surface area (Å²) < 4.78 is 0. The highest BCUT2D eigenvalue weighted by atomic mass is 15.3. The van der Waals surface area contributed by atoms with Crippen molar-refractivity contribution < 1.29 is 0 Å². The van der Waals surface area contributed by atoms with Crippen molar-refractivity contribution in [3.05, 3.63) is 48.0 Å². The predicted octanol–water partition coefficient (Wildman–Crippen LogP) is 3.63. The van der Waals surface area contributed by atoms with E-state index in [2.05, 4.69) is 64.6 Å². The van der Waals surface area contributed by atoms with E-state index in [1.807, 2.05) is 0 Å². The number of anilines is 4. The fraction of sp³-hybridized carbons (Fsp3) is 0.333. The minimum atomic E-state index is 1.04. The highest BCUT2D eigenvalue weighted by Gasteiger charge is 2.21. The molecule has 3 nitrogen and oxygen atoms in total. The molecule has 2 aliphatic rings. The lowest BCUT2D eigenvalue weighted by atomic mass is 10.0. The molecule has 21 heavy (non-hydrogen) atoms. The lowest BCUT2D eigenvalue weighted by molar-refractivity contribution is 0.813. The van der Waals surface area contributed by atoms with Crippen LogP contribution in [0.3, 0.4) is 0 Å². The van der Waals surface area contributed by atoms with Crippen molar-refractivity contribution in [1.29, 1.82) is 0 Å². The molecule has 2 heterocycles. The second kappa shape index (κ2) is 4.99. The molecule has 108 valence electrons. The zero-order chi connectivity index (χ0) is 14.2. The van der Waals surface area contributed by atoms with Gasteiger partial charge >= 0.3 is 0 Å². The Morgan fingerprint density at radius 1 is 1.00 bits per heavy atom. The molecule has 0 radical (unpaired) electrons. The Morgan fingerprint density at radius 3 is 2.76 bits per heavy atom. The van der Waals surface area contributed by atoms with Crippen LogP contribution in [0, 0.1) is 0 Å². The molecule has 1 N–H and O–H groups in total. The Morgan fingerprint density at radius 2 is 1.86 bits per heavy atom. The van der Waals surface area contributed by atoms with Gasteiger partial charge in [-0.25, -0.2) is 0 Å². The molecule has 0 spiro atoms. The SMILES string of the molecule is CN1CCN(c2ccc3c(c2)CCCN3)c2ccccc21. The van der Waals surface area contributed by atoms with Crippen LogP contribution in [-0.2, 0) is 6.42 Å². The van der Waals surface area contributed by atoms with Gasteiger partial charge in [-0.05, 0) is 48.7 Å². The van der Waals surface area contributed by atoms with Gasteiger partial charge in [0.15, 0.2) is 0 Å². The Balaban J connectivity index is 1.75. The predicted molar refractivity (Wildman–Crippen MR) is 90.0 cm³/mol. The standard InChI is InChI=1S/C18H21N3/c1-20-11-12-21(18-7-3-2-6-17(18)20)15-8-9-16-14(13-15)5-4-10-19-16/h2-3,6-9,13,19H,4-5,10-12H2,1H3. The summed E-state index contributed by atoms with van der Waals surface area (Å²) in [6, 6.07) is 15.5. The van der Waals surface area contributed by atoms with Crippen LogP contribution in [0.15, 0.2) is 42.5 Å². The molecule has 0 amide bonds. The summed E-state index contributed by atoms with van der Waals surface area (Å²) in [6.07, 6.45) is 2.42. The lowest BCUT2D eigenvalue weighted by Gasteiger charge is -2.37. The lowest BCUT2D eigenvalue weighted by Crippen LogP contribution is -2.36. The minimum Gasteiger partial charge on any atom is -0.385 e. The summed E-state index contributed by atoms with van der Waals surface area (Å²) in [7, 11) is 2.17. The molecule has 2 aromatic rings. The van der Waals surface area contributed by atoms with Crippen LogP contribution in [0.4, 0.5) is 22.7 Å². The van der Waals surface area contributed by atoms with Crippen molar-refractivity contribution in [3.63, 3.8) is 0 Å². The number of para-hydroxylation sites is 2. The van der Waals surface area contributed by atoms with Gasteiger partial charge in [-0.3, -0.25) is 0 Å². The van der Waals surface area contributed by atoms with E-state index in [0.717, 1.165) is 19.6 Å². The monoisotopic (exact) mass is 279 g/mol. The number of benzene rings is 2. The number of hydrogen-bond donors (Lipinski definition) is 1. The molecule has 0 saturated carbocycles. The smallest absolute Gasteiger partial charge is 0.0649 e. The Labute approximate surface area is 126 Å². The summed E-state index contributed by atoms with van der Waals surface area (Å²) in [5, 5.41) is 3.49. The normalized spacial score (nSPS) is 17.0. The van der Waals surface area contributed by atoms with Gasteiger partial charge in [0.05, 0.1) is 11.4 Å². The highest BCUT2D eigenvalue weighted by Crippen LogP contribution is 2.38. The summed E-state index contributed by atoms with van der Waals surface area (Å²) in [6.45, 7) is 3.20. The second-order valence-corrected chi connectivity index (χ2v) is 5.93. The molecule has 0 atom stereocenters. The van der Waals surface area contributed by atoms with E-state index in [0.29, 0.717) is 0 Å². The van der Waals surface area contributed by atoms with E-state index >= 15 is 0 Å². The summed E-state index contributed by atoms with van der Waals surface area (Å²) in [4.78, 5) is 4.79. The van der Waals surface area contributed by atoms with Gasteiger partial charge in [0, 0.05) is 38.1 Å². The minimum absolute atomic E-state index is 1.04. The molecular formula is C18H21N3. The van der Waals surface area contributed by atoms with Gasteiger partial charge in [-0.1, -0.05) is 12.1 Å². The third-order valence-electron chi connectivity index (χ3n) is 4.58. The van der Waals surface area contributed by atoms with Crippen LogP contribution in [0.25, 0.3) is 0 Å². The molecule has 0 unspecified atom stereocenters. The first-order valence-corrected chi connectivity index (χ1v) is 7.77. The average Bonchev–Trinajstić information content (AvgIpc) is 2.55. The Bertz CT molecular complexity index is 665. The van der Waals surface area contributed by atoms with Gasteiger partial charge in [-0.2, -0.15) is 0 Å². The largest absolute Gasteiger partial charge is 0.385 e. The first kappa shape index (κ1) is 12.6. The van der Waals surface area contributed by atoms with Crippen molar-refractivity contribution in [2.24, 2.45) is 0 Å². The highest BCUT2D eigenvalue weighted by molar-refractivity contribution is 5.80. The quantitative estimate of drug-likeness (QED) is 0.860. The maximum atomic E-state index is 3.49. The van der Waals surface area contributed by atoms with Crippen molar-refractivity contribution >= 4 is 22.7 Å². The maximum absolute atomic E-state index is 3.49. The van der Waals surface area contributed by atoms with Crippen LogP contribution < -0.4 is 15.1 Å². The Hall–Kier alpha value is -2.16. The zero-order valence-corrected chi connectivity index (χ0v) is 12.5. The maximum Gasteiger partial charge on any atom is 0.0649 e. The number of nitrogens with one attached hydrogen (secondary N) is 1. The number of fused-ring (bicyclic) bond motifs is 2. The number of rotatable bonds is 1. The molecule has 0 aromatic heterocycles. The van der Waals surface area contributed by atoms with Crippen molar-refractivity contribution in [3.8, 4) is 0 Å². The average molecular weight is 279 g/mol. The Kier molecular flexibility index (Phi) is 2.99. The van der Waals surface area contributed by atoms with Gasteiger partial charge < -0.3 is 15.1 Å². The summed E-state index contributed by atoms with van der Waals surface area (Å²) >= 11 is 0. The zero-order valence-electron chi connectivity index (χ0n) is 12.5. The fourth-order valence-corrected chi connectivity index (χ4v) is 3.40. The van der Waals surface area contributed by atoms with Crippen LogP contribution in [0.5, 0.6) is 0 Å². The third-order valence-corrected chi connectivity index (χ3v) is 4.58. The van der Waals surface area contributed by atoms with Crippen molar-refractivity contribution in [2.45, 2.75) is 12.8 Å². The van der Waals surface area contributed by atoms with Gasteiger partial charge in [0.1, 0.15) is 0 Å². The summed E-state index contributed by atoms with van der Waals surface area (Å²) in [5.41, 5.74) is 6.72. The molecule has 2 aliphatic heterocycles. The number of likely N-dealkylation sites (N-methyl/N-ethyl adjacent to an activating group) is 1. The van der Waals surface area contributed by atoms with E-state index in [1.54, 1.807) is 0 Å².